The summed E-state index contributed by atoms with van der Waals surface area (Å²) >= 11 is 5.85. The highest BCUT2D eigenvalue weighted by molar-refractivity contribution is 6.30. The molecule has 3 rings (SSSR count). The summed E-state index contributed by atoms with van der Waals surface area (Å²) in [6.07, 6.45) is 2.75. The van der Waals surface area contributed by atoms with Gasteiger partial charge in [0.2, 0.25) is 0 Å². The number of aromatic nitrogens is 1. The Kier molecular flexibility index (Phi) is 2.97. The Morgan fingerprint density at radius 2 is 1.79 bits per heavy atom. The first kappa shape index (κ1) is 11.8. The van der Waals surface area contributed by atoms with Crippen LogP contribution in [0.25, 0.3) is 10.8 Å². The second kappa shape index (κ2) is 4.78. The number of halogens is 1. The van der Waals surface area contributed by atoms with Gasteiger partial charge in [-0.05, 0) is 24.3 Å². The van der Waals surface area contributed by atoms with Gasteiger partial charge in [0.15, 0.2) is 6.29 Å². The number of carbonyl (C=O) groups is 1. The first-order valence-electron chi connectivity index (χ1n) is 5.86. The van der Waals surface area contributed by atoms with E-state index in [0.717, 1.165) is 22.7 Å². The molecule has 0 aliphatic carbocycles. The van der Waals surface area contributed by atoms with Crippen LogP contribution in [0.2, 0.25) is 5.02 Å². The fourth-order valence-corrected chi connectivity index (χ4v) is 2.18. The van der Waals surface area contributed by atoms with Crippen molar-refractivity contribution in [1.82, 2.24) is 4.68 Å². The molecule has 0 bridgehead atoms. The van der Waals surface area contributed by atoms with Crippen molar-refractivity contribution in [3.05, 3.63) is 65.4 Å². The fraction of sp³-hybridized carbons (Fsp3) is 0. The maximum absolute atomic E-state index is 11.3. The summed E-state index contributed by atoms with van der Waals surface area (Å²) in [6.45, 7) is 0. The third kappa shape index (κ3) is 2.20. The molecule has 3 nitrogen and oxygen atoms in total. The van der Waals surface area contributed by atoms with E-state index < -0.39 is 0 Å². The second-order valence-corrected chi connectivity index (χ2v) is 4.64. The van der Waals surface area contributed by atoms with E-state index in [-0.39, 0.29) is 0 Å². The van der Waals surface area contributed by atoms with Gasteiger partial charge in [0.05, 0.1) is 5.69 Å². The van der Waals surface area contributed by atoms with E-state index in [0.29, 0.717) is 10.7 Å². The number of anilines is 1. The van der Waals surface area contributed by atoms with E-state index in [9.17, 15) is 4.79 Å². The van der Waals surface area contributed by atoms with Gasteiger partial charge in [0, 0.05) is 22.0 Å². The maximum Gasteiger partial charge on any atom is 0.169 e. The summed E-state index contributed by atoms with van der Waals surface area (Å²) in [5, 5.41) is 2.63. The van der Waals surface area contributed by atoms with Crippen LogP contribution >= 0.6 is 11.6 Å². The first-order valence-corrected chi connectivity index (χ1v) is 6.23. The van der Waals surface area contributed by atoms with Gasteiger partial charge in [-0.2, -0.15) is 0 Å². The van der Waals surface area contributed by atoms with E-state index in [1.807, 2.05) is 42.6 Å². The van der Waals surface area contributed by atoms with E-state index in [1.165, 1.54) is 0 Å². The predicted molar refractivity (Wildman–Crippen MR) is 77.8 cm³/mol. The summed E-state index contributed by atoms with van der Waals surface area (Å²) in [7, 11) is 0. The molecule has 4 heteroatoms. The zero-order valence-electron chi connectivity index (χ0n) is 10.0. The third-order valence-electron chi connectivity index (χ3n) is 2.97. The summed E-state index contributed by atoms with van der Waals surface area (Å²) < 4.78 is 1.72. The molecule has 0 saturated heterocycles. The molecule has 0 fully saturated rings. The largest absolute Gasteiger partial charge is 0.296 e. The van der Waals surface area contributed by atoms with Crippen LogP contribution in [0.4, 0.5) is 5.69 Å². The van der Waals surface area contributed by atoms with Crippen molar-refractivity contribution in [2.75, 3.05) is 5.43 Å². The van der Waals surface area contributed by atoms with Gasteiger partial charge >= 0.3 is 0 Å². The van der Waals surface area contributed by atoms with Crippen LogP contribution in [-0.2, 0) is 0 Å². The zero-order chi connectivity index (χ0) is 13.2. The first-order chi connectivity index (χ1) is 9.28. The normalized spacial score (nSPS) is 10.6. The molecule has 0 radical (unpaired) electrons. The molecule has 0 atom stereocenters. The summed E-state index contributed by atoms with van der Waals surface area (Å²) in [6, 6.07) is 15.1. The minimum Gasteiger partial charge on any atom is -0.296 e. The van der Waals surface area contributed by atoms with Gasteiger partial charge < -0.3 is 0 Å². The van der Waals surface area contributed by atoms with Gasteiger partial charge in [-0.1, -0.05) is 35.9 Å². The van der Waals surface area contributed by atoms with Gasteiger partial charge in [-0.3, -0.25) is 14.9 Å². The van der Waals surface area contributed by atoms with Crippen LogP contribution in [0.3, 0.4) is 0 Å². The van der Waals surface area contributed by atoms with Crippen molar-refractivity contribution in [2.24, 2.45) is 0 Å². The molecule has 1 aromatic heterocycles. The van der Waals surface area contributed by atoms with Crippen LogP contribution in [0.5, 0.6) is 0 Å². The Morgan fingerprint density at radius 1 is 1.05 bits per heavy atom. The number of aldehydes is 1. The SMILES string of the molecule is O=Cc1c2ccccc2cn1Nc1ccc(Cl)cc1. The minimum absolute atomic E-state index is 0.602. The van der Waals surface area contributed by atoms with Crippen LogP contribution in [0, 0.1) is 0 Å². The minimum atomic E-state index is 0.602. The molecule has 0 unspecified atom stereocenters. The highest BCUT2D eigenvalue weighted by Crippen LogP contribution is 2.21. The topological polar surface area (TPSA) is 34.0 Å². The number of benzene rings is 2. The highest BCUT2D eigenvalue weighted by atomic mass is 35.5. The molecule has 3 aromatic rings. The van der Waals surface area contributed by atoms with E-state index in [4.69, 9.17) is 11.6 Å². The molecule has 0 saturated carbocycles. The third-order valence-corrected chi connectivity index (χ3v) is 3.22. The van der Waals surface area contributed by atoms with Crippen molar-refractivity contribution in [3.63, 3.8) is 0 Å². The monoisotopic (exact) mass is 270 g/mol. The van der Waals surface area contributed by atoms with Crippen LogP contribution in [-0.4, -0.2) is 11.0 Å². The summed E-state index contributed by atoms with van der Waals surface area (Å²) in [5.41, 5.74) is 4.64. The Labute approximate surface area is 115 Å². The number of carbonyl (C=O) groups excluding carboxylic acids is 1. The number of nitrogens with one attached hydrogen (secondary N) is 1. The van der Waals surface area contributed by atoms with Gasteiger partial charge in [0.25, 0.3) is 0 Å². The van der Waals surface area contributed by atoms with Crippen molar-refractivity contribution in [2.45, 2.75) is 0 Å². The fourth-order valence-electron chi connectivity index (χ4n) is 2.06. The lowest BCUT2D eigenvalue weighted by Crippen LogP contribution is -2.10. The van der Waals surface area contributed by atoms with Gasteiger partial charge in [0.1, 0.15) is 5.69 Å². The van der Waals surface area contributed by atoms with Crippen molar-refractivity contribution in [1.29, 1.82) is 0 Å². The Hall–Kier alpha value is -2.26. The van der Waals surface area contributed by atoms with Crippen molar-refractivity contribution < 1.29 is 4.79 Å². The Bertz CT molecular complexity index is 731. The standard InChI is InChI=1S/C15H11ClN2O/c16-12-5-7-13(8-6-12)17-18-9-11-3-1-2-4-14(11)15(18)10-19/h1-10,17H. The van der Waals surface area contributed by atoms with Crippen molar-refractivity contribution >= 4 is 34.3 Å². The lowest BCUT2D eigenvalue weighted by molar-refractivity contribution is 0.111. The lowest BCUT2D eigenvalue weighted by Gasteiger charge is -2.09. The number of hydrogen-bond acceptors (Lipinski definition) is 2. The van der Waals surface area contributed by atoms with Crippen LogP contribution < -0.4 is 5.43 Å². The summed E-state index contributed by atoms with van der Waals surface area (Å²) in [5.74, 6) is 0. The zero-order valence-corrected chi connectivity index (χ0v) is 10.8. The van der Waals surface area contributed by atoms with E-state index >= 15 is 0 Å². The molecular formula is C15H11ClN2O. The number of rotatable bonds is 3. The number of nitrogens with zero attached hydrogens (tertiary/aromatic N) is 1. The molecule has 0 aliphatic rings. The summed E-state index contributed by atoms with van der Waals surface area (Å²) in [4.78, 5) is 11.3. The molecule has 19 heavy (non-hydrogen) atoms. The average molecular weight is 271 g/mol. The molecule has 0 aliphatic heterocycles. The van der Waals surface area contributed by atoms with E-state index in [2.05, 4.69) is 5.43 Å². The smallest absolute Gasteiger partial charge is 0.169 e. The van der Waals surface area contributed by atoms with Crippen LogP contribution in [0.15, 0.2) is 54.7 Å². The second-order valence-electron chi connectivity index (χ2n) is 4.21. The predicted octanol–water partition coefficient (Wildman–Crippen LogP) is 3.98. The Morgan fingerprint density at radius 3 is 2.53 bits per heavy atom. The average Bonchev–Trinajstić information content (AvgIpc) is 2.78. The number of fused-ring (bicyclic) bond motifs is 1. The quantitative estimate of drug-likeness (QED) is 0.731. The molecule has 1 heterocycles. The number of hydrogen-bond donors (Lipinski definition) is 1. The highest BCUT2D eigenvalue weighted by Gasteiger charge is 2.07. The van der Waals surface area contributed by atoms with Gasteiger partial charge in [-0.15, -0.1) is 0 Å². The molecule has 2 aromatic carbocycles. The molecule has 0 spiro atoms. The maximum atomic E-state index is 11.3. The molecular weight excluding hydrogens is 260 g/mol. The Balaban J connectivity index is 2.05. The van der Waals surface area contributed by atoms with Gasteiger partial charge in [-0.25, -0.2) is 0 Å². The van der Waals surface area contributed by atoms with E-state index in [1.54, 1.807) is 16.8 Å². The van der Waals surface area contributed by atoms with Crippen LogP contribution in [0.1, 0.15) is 10.5 Å². The molecule has 1 N–H and O–H groups in total. The molecule has 94 valence electrons. The van der Waals surface area contributed by atoms with Crippen molar-refractivity contribution in [3.8, 4) is 0 Å². The lowest BCUT2D eigenvalue weighted by atomic mass is 10.2. The molecule has 0 amide bonds.